The molecule has 0 saturated carbocycles. The van der Waals surface area contributed by atoms with Crippen molar-refractivity contribution in [1.82, 2.24) is 0 Å². The highest BCUT2D eigenvalue weighted by Gasteiger charge is 2.14. The van der Waals surface area contributed by atoms with Crippen molar-refractivity contribution in [2.45, 2.75) is 0 Å². The maximum absolute atomic E-state index is 13.4. The Kier molecular flexibility index (Phi) is 8.38. The van der Waals surface area contributed by atoms with Gasteiger partial charge in [-0.3, -0.25) is 0 Å². The Hall–Kier alpha value is -3.20. The van der Waals surface area contributed by atoms with E-state index in [1.54, 1.807) is 48.5 Å². The van der Waals surface area contributed by atoms with Gasteiger partial charge < -0.3 is 19.5 Å². The molecule has 0 unspecified atom stereocenters. The van der Waals surface area contributed by atoms with Crippen LogP contribution in [0.4, 0.5) is 8.78 Å². The van der Waals surface area contributed by atoms with E-state index in [-0.39, 0.29) is 22.8 Å². The lowest BCUT2D eigenvalue weighted by molar-refractivity contribution is 0.423. The molecule has 2 N–H and O–H groups in total. The molecule has 32 heavy (non-hydrogen) atoms. The SMILES string of the molecule is Fc1ccc(Br)cc1Oc1ccccc1.OB(O)c1ccc(F)c(Oc2ccccc2)c1. The van der Waals surface area contributed by atoms with Gasteiger partial charge in [0.25, 0.3) is 0 Å². The van der Waals surface area contributed by atoms with Crippen LogP contribution in [0.15, 0.2) is 102 Å². The highest BCUT2D eigenvalue weighted by molar-refractivity contribution is 9.10. The average Bonchev–Trinajstić information content (AvgIpc) is 2.79. The minimum atomic E-state index is -1.64. The Morgan fingerprint density at radius 1 is 0.625 bits per heavy atom. The molecule has 0 saturated heterocycles. The number of hydrogen-bond acceptors (Lipinski definition) is 4. The maximum atomic E-state index is 13.4. The van der Waals surface area contributed by atoms with Crippen molar-refractivity contribution in [1.29, 1.82) is 0 Å². The monoisotopic (exact) mass is 498 g/mol. The summed E-state index contributed by atoms with van der Waals surface area (Å²) in [6, 6.07) is 26.1. The van der Waals surface area contributed by atoms with Crippen LogP contribution in [0.5, 0.6) is 23.0 Å². The summed E-state index contributed by atoms with van der Waals surface area (Å²) < 4.78 is 38.2. The van der Waals surface area contributed by atoms with Crippen molar-refractivity contribution in [3.8, 4) is 23.0 Å². The second kappa shape index (κ2) is 11.4. The van der Waals surface area contributed by atoms with E-state index in [1.807, 2.05) is 24.3 Å². The summed E-state index contributed by atoms with van der Waals surface area (Å²) in [5, 5.41) is 18.0. The fourth-order valence-corrected chi connectivity index (χ4v) is 2.89. The zero-order chi connectivity index (χ0) is 22.9. The Morgan fingerprint density at radius 2 is 1.09 bits per heavy atom. The van der Waals surface area contributed by atoms with Gasteiger partial charge in [0.05, 0.1) is 0 Å². The van der Waals surface area contributed by atoms with E-state index in [1.165, 1.54) is 18.2 Å². The number of para-hydroxylation sites is 2. The molecule has 4 aromatic rings. The topological polar surface area (TPSA) is 58.9 Å². The lowest BCUT2D eigenvalue weighted by Gasteiger charge is -2.08. The van der Waals surface area contributed by atoms with Crippen LogP contribution < -0.4 is 14.9 Å². The van der Waals surface area contributed by atoms with Crippen LogP contribution in [-0.2, 0) is 0 Å². The smallest absolute Gasteiger partial charge is 0.454 e. The molecular weight excluding hydrogens is 481 g/mol. The van der Waals surface area contributed by atoms with Crippen LogP contribution in [0.3, 0.4) is 0 Å². The molecule has 0 atom stereocenters. The number of hydrogen-bond donors (Lipinski definition) is 2. The summed E-state index contributed by atoms with van der Waals surface area (Å²) in [6.07, 6.45) is 0. The molecule has 0 aromatic heterocycles. The van der Waals surface area contributed by atoms with Crippen molar-refractivity contribution < 1.29 is 28.3 Å². The fourth-order valence-electron chi connectivity index (χ4n) is 2.55. The summed E-state index contributed by atoms with van der Waals surface area (Å²) in [6.45, 7) is 0. The van der Waals surface area contributed by atoms with Crippen LogP contribution in [0.2, 0.25) is 0 Å². The summed E-state index contributed by atoms with van der Waals surface area (Å²) >= 11 is 3.26. The zero-order valence-electron chi connectivity index (χ0n) is 16.7. The molecule has 0 radical (unpaired) electrons. The van der Waals surface area contributed by atoms with E-state index in [2.05, 4.69) is 15.9 Å². The minimum absolute atomic E-state index is 0.0400. The fraction of sp³-hybridized carbons (Fsp3) is 0. The number of rotatable bonds is 5. The molecule has 4 rings (SSSR count). The van der Waals surface area contributed by atoms with Gasteiger partial charge in [-0.05, 0) is 60.1 Å². The van der Waals surface area contributed by atoms with Crippen molar-refractivity contribution in [3.05, 3.63) is 113 Å². The van der Waals surface area contributed by atoms with Crippen LogP contribution >= 0.6 is 15.9 Å². The van der Waals surface area contributed by atoms with E-state index < -0.39 is 12.9 Å². The van der Waals surface area contributed by atoms with Gasteiger partial charge >= 0.3 is 7.12 Å². The summed E-state index contributed by atoms with van der Waals surface area (Å²) in [5.41, 5.74) is 0.178. The third kappa shape index (κ3) is 6.92. The first-order valence-corrected chi connectivity index (χ1v) is 10.3. The molecule has 0 heterocycles. The van der Waals surface area contributed by atoms with Gasteiger partial charge in [-0.25, -0.2) is 8.78 Å². The quantitative estimate of drug-likeness (QED) is 0.347. The van der Waals surface area contributed by atoms with Gasteiger partial charge in [0, 0.05) is 4.47 Å². The highest BCUT2D eigenvalue weighted by atomic mass is 79.9. The molecule has 8 heteroatoms. The molecule has 4 nitrogen and oxygen atoms in total. The Bertz CT molecular complexity index is 1150. The molecule has 162 valence electrons. The molecule has 4 aromatic carbocycles. The Morgan fingerprint density at radius 3 is 1.59 bits per heavy atom. The standard InChI is InChI=1S/C12H10BFO3.C12H8BrFO/c14-11-7-6-9(13(15)16)8-12(11)17-10-4-2-1-3-5-10;13-9-6-7-11(14)12(8-9)15-10-4-2-1-3-5-10/h1-8,15-16H;1-8H. The molecule has 0 aliphatic rings. The molecule has 0 spiro atoms. The number of ether oxygens (including phenoxy) is 2. The van der Waals surface area contributed by atoms with Gasteiger partial charge in [-0.15, -0.1) is 0 Å². The first kappa shape index (κ1) is 23.5. The Labute approximate surface area is 193 Å². The summed E-state index contributed by atoms with van der Waals surface area (Å²) in [4.78, 5) is 0. The first-order valence-electron chi connectivity index (χ1n) is 9.49. The van der Waals surface area contributed by atoms with E-state index in [0.717, 1.165) is 10.5 Å². The minimum Gasteiger partial charge on any atom is -0.454 e. The first-order chi connectivity index (χ1) is 15.4. The molecule has 0 aliphatic heterocycles. The Balaban J connectivity index is 0.000000182. The van der Waals surface area contributed by atoms with Gasteiger partial charge in [0.1, 0.15) is 11.5 Å². The largest absolute Gasteiger partial charge is 0.488 e. The van der Waals surface area contributed by atoms with Crippen LogP contribution in [0, 0.1) is 11.6 Å². The molecular formula is C24H18BBrF2O4. The second-order valence-electron chi connectivity index (χ2n) is 6.47. The van der Waals surface area contributed by atoms with Crippen LogP contribution in [0.1, 0.15) is 0 Å². The second-order valence-corrected chi connectivity index (χ2v) is 7.38. The molecule has 0 aliphatic carbocycles. The van der Waals surface area contributed by atoms with Crippen LogP contribution in [0.25, 0.3) is 0 Å². The zero-order valence-corrected chi connectivity index (χ0v) is 18.2. The van der Waals surface area contributed by atoms with E-state index >= 15 is 0 Å². The predicted molar refractivity (Wildman–Crippen MR) is 123 cm³/mol. The normalized spacial score (nSPS) is 10.0. The average molecular weight is 499 g/mol. The third-order valence-corrected chi connectivity index (χ3v) is 4.58. The van der Waals surface area contributed by atoms with Crippen molar-refractivity contribution in [2.24, 2.45) is 0 Å². The van der Waals surface area contributed by atoms with Crippen molar-refractivity contribution in [2.75, 3.05) is 0 Å². The van der Waals surface area contributed by atoms with E-state index in [4.69, 9.17) is 19.5 Å². The number of halogens is 3. The maximum Gasteiger partial charge on any atom is 0.488 e. The van der Waals surface area contributed by atoms with Crippen molar-refractivity contribution >= 4 is 28.5 Å². The molecule has 0 fully saturated rings. The summed E-state index contributed by atoms with van der Waals surface area (Å²) in [5.74, 6) is 0.350. The van der Waals surface area contributed by atoms with Gasteiger partial charge in [-0.2, -0.15) is 0 Å². The molecule has 0 bridgehead atoms. The molecule has 0 amide bonds. The van der Waals surface area contributed by atoms with E-state index in [9.17, 15) is 8.78 Å². The van der Waals surface area contributed by atoms with Gasteiger partial charge in [0.15, 0.2) is 23.1 Å². The summed E-state index contributed by atoms with van der Waals surface area (Å²) in [7, 11) is -1.64. The third-order valence-electron chi connectivity index (χ3n) is 4.09. The van der Waals surface area contributed by atoms with Gasteiger partial charge in [-0.1, -0.05) is 58.4 Å². The lowest BCUT2D eigenvalue weighted by atomic mass is 9.80. The number of benzene rings is 4. The van der Waals surface area contributed by atoms with E-state index in [0.29, 0.717) is 11.5 Å². The van der Waals surface area contributed by atoms with Crippen LogP contribution in [-0.4, -0.2) is 17.2 Å². The van der Waals surface area contributed by atoms with Crippen molar-refractivity contribution in [3.63, 3.8) is 0 Å². The lowest BCUT2D eigenvalue weighted by Crippen LogP contribution is -2.29. The highest BCUT2D eigenvalue weighted by Crippen LogP contribution is 2.27. The predicted octanol–water partition coefficient (Wildman–Crippen LogP) is 5.68. The van der Waals surface area contributed by atoms with Gasteiger partial charge in [0.2, 0.25) is 0 Å².